The van der Waals surface area contributed by atoms with Crippen molar-refractivity contribution in [2.45, 2.75) is 38.2 Å². The molecule has 0 aliphatic heterocycles. The summed E-state index contributed by atoms with van der Waals surface area (Å²) in [5.41, 5.74) is 0.938. The van der Waals surface area contributed by atoms with Crippen LogP contribution >= 0.6 is 0 Å². The van der Waals surface area contributed by atoms with Crippen LogP contribution in [-0.4, -0.2) is 30.4 Å². The van der Waals surface area contributed by atoms with Crippen LogP contribution in [0, 0.1) is 6.92 Å². The highest BCUT2D eigenvalue weighted by molar-refractivity contribution is 5.90. The molecule has 0 unspecified atom stereocenters. The molecule has 0 heterocycles. The minimum absolute atomic E-state index is 0.293. The van der Waals surface area contributed by atoms with E-state index in [0.29, 0.717) is 6.54 Å². The van der Waals surface area contributed by atoms with Gasteiger partial charge in [-0.05, 0) is 43.5 Å². The van der Waals surface area contributed by atoms with Crippen molar-refractivity contribution in [1.29, 1.82) is 0 Å². The van der Waals surface area contributed by atoms with Gasteiger partial charge < -0.3 is 20.5 Å². The van der Waals surface area contributed by atoms with E-state index < -0.39 is 5.60 Å². The SMILES string of the molecule is COc1ccc(NC(=O)NCC2(O)CCCC2)c(C)c1. The number of hydrogen-bond donors (Lipinski definition) is 3. The van der Waals surface area contributed by atoms with Gasteiger partial charge in [0, 0.05) is 12.2 Å². The number of amides is 2. The van der Waals surface area contributed by atoms with Crippen molar-refractivity contribution in [3.05, 3.63) is 23.8 Å². The Morgan fingerprint density at radius 3 is 2.70 bits per heavy atom. The van der Waals surface area contributed by atoms with Gasteiger partial charge in [-0.2, -0.15) is 0 Å². The van der Waals surface area contributed by atoms with Gasteiger partial charge in [0.05, 0.1) is 12.7 Å². The number of aliphatic hydroxyl groups is 1. The van der Waals surface area contributed by atoms with Crippen LogP contribution in [0.4, 0.5) is 10.5 Å². The first-order valence-corrected chi connectivity index (χ1v) is 6.94. The Morgan fingerprint density at radius 2 is 2.10 bits per heavy atom. The van der Waals surface area contributed by atoms with Gasteiger partial charge >= 0.3 is 6.03 Å². The largest absolute Gasteiger partial charge is 0.497 e. The lowest BCUT2D eigenvalue weighted by Gasteiger charge is -2.22. The molecule has 1 aromatic rings. The summed E-state index contributed by atoms with van der Waals surface area (Å²) in [6.07, 6.45) is 3.57. The predicted molar refractivity (Wildman–Crippen MR) is 78.2 cm³/mol. The number of carbonyl (C=O) groups excluding carboxylic acids is 1. The molecule has 1 aromatic carbocycles. The molecule has 5 heteroatoms. The Balaban J connectivity index is 1.88. The van der Waals surface area contributed by atoms with Gasteiger partial charge in [-0.15, -0.1) is 0 Å². The molecule has 2 amide bonds. The van der Waals surface area contributed by atoms with Gasteiger partial charge in [-0.1, -0.05) is 12.8 Å². The maximum absolute atomic E-state index is 11.9. The minimum Gasteiger partial charge on any atom is -0.497 e. The normalized spacial score (nSPS) is 16.8. The van der Waals surface area contributed by atoms with E-state index in [1.165, 1.54) is 0 Å². The van der Waals surface area contributed by atoms with Crippen molar-refractivity contribution in [2.24, 2.45) is 0 Å². The zero-order chi connectivity index (χ0) is 14.6. The molecule has 0 radical (unpaired) electrons. The number of hydrogen-bond acceptors (Lipinski definition) is 3. The van der Waals surface area contributed by atoms with Crippen molar-refractivity contribution >= 4 is 11.7 Å². The summed E-state index contributed by atoms with van der Waals surface area (Å²) in [5.74, 6) is 0.758. The number of rotatable bonds is 4. The van der Waals surface area contributed by atoms with Gasteiger partial charge in [0.1, 0.15) is 5.75 Å². The maximum atomic E-state index is 11.9. The molecule has 1 aliphatic rings. The molecule has 3 N–H and O–H groups in total. The van der Waals surface area contributed by atoms with E-state index in [0.717, 1.165) is 42.7 Å². The third-order valence-corrected chi connectivity index (χ3v) is 3.79. The number of aryl methyl sites for hydroxylation is 1. The quantitative estimate of drug-likeness (QED) is 0.792. The summed E-state index contributed by atoms with van der Waals surface area (Å²) >= 11 is 0. The van der Waals surface area contributed by atoms with E-state index >= 15 is 0 Å². The fourth-order valence-electron chi connectivity index (χ4n) is 2.52. The number of ether oxygens (including phenoxy) is 1. The highest BCUT2D eigenvalue weighted by atomic mass is 16.5. The number of benzene rings is 1. The van der Waals surface area contributed by atoms with Crippen LogP contribution in [0.15, 0.2) is 18.2 Å². The number of methoxy groups -OCH3 is 1. The van der Waals surface area contributed by atoms with E-state index in [1.54, 1.807) is 19.2 Å². The summed E-state index contributed by atoms with van der Waals surface area (Å²) < 4.78 is 5.12. The zero-order valence-electron chi connectivity index (χ0n) is 12.0. The average molecular weight is 278 g/mol. The molecule has 20 heavy (non-hydrogen) atoms. The van der Waals surface area contributed by atoms with Gasteiger partial charge in [0.15, 0.2) is 0 Å². The standard InChI is InChI=1S/C15H22N2O3/c1-11-9-12(20-2)5-6-13(11)17-14(18)16-10-15(19)7-3-4-8-15/h5-6,9,19H,3-4,7-8,10H2,1-2H3,(H2,16,17,18). The minimum atomic E-state index is -0.730. The summed E-state index contributed by atoms with van der Waals surface area (Å²) in [6, 6.07) is 5.17. The van der Waals surface area contributed by atoms with Gasteiger partial charge in [0.2, 0.25) is 0 Å². The molecule has 5 nitrogen and oxygen atoms in total. The lowest BCUT2D eigenvalue weighted by atomic mass is 10.0. The van der Waals surface area contributed by atoms with E-state index in [2.05, 4.69) is 10.6 Å². The molecule has 1 aliphatic carbocycles. The first kappa shape index (κ1) is 14.7. The second-order valence-electron chi connectivity index (χ2n) is 5.42. The monoisotopic (exact) mass is 278 g/mol. The van der Waals surface area contributed by atoms with Gasteiger partial charge in [0.25, 0.3) is 0 Å². The van der Waals surface area contributed by atoms with Crippen LogP contribution in [-0.2, 0) is 0 Å². The first-order chi connectivity index (χ1) is 9.52. The van der Waals surface area contributed by atoms with Crippen molar-refractivity contribution in [2.75, 3.05) is 19.0 Å². The number of nitrogens with one attached hydrogen (secondary N) is 2. The highest BCUT2D eigenvalue weighted by Gasteiger charge is 2.31. The molecule has 0 atom stereocenters. The Hall–Kier alpha value is -1.75. The second kappa shape index (κ2) is 6.13. The van der Waals surface area contributed by atoms with Crippen LogP contribution < -0.4 is 15.4 Å². The first-order valence-electron chi connectivity index (χ1n) is 6.94. The van der Waals surface area contributed by atoms with Crippen molar-refractivity contribution in [3.8, 4) is 5.75 Å². The van der Waals surface area contributed by atoms with Crippen molar-refractivity contribution < 1.29 is 14.6 Å². The molecule has 0 spiro atoms. The Bertz CT molecular complexity index is 482. The second-order valence-corrected chi connectivity index (χ2v) is 5.42. The third-order valence-electron chi connectivity index (χ3n) is 3.79. The lowest BCUT2D eigenvalue weighted by molar-refractivity contribution is 0.0506. The number of anilines is 1. The van der Waals surface area contributed by atoms with Crippen LogP contribution in [0.2, 0.25) is 0 Å². The van der Waals surface area contributed by atoms with Crippen LogP contribution in [0.5, 0.6) is 5.75 Å². The molecular weight excluding hydrogens is 256 g/mol. The molecular formula is C15H22N2O3. The number of urea groups is 1. The predicted octanol–water partition coefficient (Wildman–Crippen LogP) is 2.43. The lowest BCUT2D eigenvalue weighted by Crippen LogP contribution is -2.42. The van der Waals surface area contributed by atoms with Crippen LogP contribution in [0.25, 0.3) is 0 Å². The molecule has 1 fully saturated rings. The fourth-order valence-corrected chi connectivity index (χ4v) is 2.52. The Kier molecular flexibility index (Phi) is 4.49. The summed E-state index contributed by atoms with van der Waals surface area (Å²) in [5, 5.41) is 15.7. The van der Waals surface area contributed by atoms with E-state index in [1.807, 2.05) is 13.0 Å². The Morgan fingerprint density at radius 1 is 1.40 bits per heavy atom. The van der Waals surface area contributed by atoms with E-state index in [4.69, 9.17) is 4.74 Å². The fraction of sp³-hybridized carbons (Fsp3) is 0.533. The highest BCUT2D eigenvalue weighted by Crippen LogP contribution is 2.28. The molecule has 0 aromatic heterocycles. The summed E-state index contributed by atoms with van der Waals surface area (Å²) in [4.78, 5) is 11.9. The molecule has 0 saturated heterocycles. The molecule has 2 rings (SSSR count). The van der Waals surface area contributed by atoms with Crippen molar-refractivity contribution in [1.82, 2.24) is 5.32 Å². The maximum Gasteiger partial charge on any atom is 0.319 e. The van der Waals surface area contributed by atoms with Crippen LogP contribution in [0.3, 0.4) is 0 Å². The molecule has 110 valence electrons. The molecule has 0 bridgehead atoms. The smallest absolute Gasteiger partial charge is 0.319 e. The Labute approximate surface area is 119 Å². The van der Waals surface area contributed by atoms with Gasteiger partial charge in [-0.25, -0.2) is 4.79 Å². The van der Waals surface area contributed by atoms with Gasteiger partial charge in [-0.3, -0.25) is 0 Å². The summed E-state index contributed by atoms with van der Waals surface area (Å²) in [7, 11) is 1.61. The van der Waals surface area contributed by atoms with Crippen LogP contribution in [0.1, 0.15) is 31.2 Å². The third kappa shape index (κ3) is 3.63. The topological polar surface area (TPSA) is 70.6 Å². The van der Waals surface area contributed by atoms with Crippen molar-refractivity contribution in [3.63, 3.8) is 0 Å². The van der Waals surface area contributed by atoms with E-state index in [-0.39, 0.29) is 6.03 Å². The number of carbonyl (C=O) groups is 1. The summed E-state index contributed by atoms with van der Waals surface area (Å²) in [6.45, 7) is 2.21. The average Bonchev–Trinajstić information content (AvgIpc) is 2.86. The zero-order valence-corrected chi connectivity index (χ0v) is 12.0. The van der Waals surface area contributed by atoms with E-state index in [9.17, 15) is 9.90 Å². The molecule has 1 saturated carbocycles.